The number of hydrogen-bond donors (Lipinski definition) is 2. The lowest BCUT2D eigenvalue weighted by Crippen LogP contribution is -2.31. The topological polar surface area (TPSA) is 96.3 Å². The van der Waals surface area contributed by atoms with Gasteiger partial charge in [0, 0.05) is 24.0 Å². The Morgan fingerprint density at radius 2 is 2.14 bits per heavy atom. The minimum Gasteiger partial charge on any atom is -0.349 e. The fourth-order valence-electron chi connectivity index (χ4n) is 2.89. The number of rotatable bonds is 3. The Morgan fingerprint density at radius 1 is 1.41 bits per heavy atom. The molecule has 1 fully saturated rings. The Morgan fingerprint density at radius 3 is 2.82 bits per heavy atom. The molecule has 1 aliphatic rings. The number of benzene rings is 1. The number of para-hydroxylation sites is 1. The second-order valence-corrected chi connectivity index (χ2v) is 7.63. The molecule has 3 rings (SSSR count). The largest absolute Gasteiger partial charge is 0.349 e. The molecular formula is C14H16ClN3O3S. The summed E-state index contributed by atoms with van der Waals surface area (Å²) in [5.74, 6) is -0.433. The monoisotopic (exact) mass is 341 g/mol. The molecule has 1 aliphatic heterocycles. The van der Waals surface area contributed by atoms with Crippen LogP contribution in [0.2, 0.25) is 5.02 Å². The lowest BCUT2D eigenvalue weighted by atomic mass is 10.2. The van der Waals surface area contributed by atoms with Crippen molar-refractivity contribution in [2.45, 2.75) is 6.42 Å². The number of fused-ring (bicyclic) bond motifs is 1. The molecule has 6 nitrogen and oxygen atoms in total. The van der Waals surface area contributed by atoms with Gasteiger partial charge < -0.3 is 9.88 Å². The van der Waals surface area contributed by atoms with E-state index in [1.807, 2.05) is 24.3 Å². The smallest absolute Gasteiger partial charge is 0.271 e. The first kappa shape index (κ1) is 15.3. The number of nitrogens with zero attached hydrogens (tertiary/aromatic N) is 1. The van der Waals surface area contributed by atoms with Gasteiger partial charge >= 0.3 is 0 Å². The zero-order valence-corrected chi connectivity index (χ0v) is 13.3. The van der Waals surface area contributed by atoms with Crippen LogP contribution >= 0.6 is 11.6 Å². The van der Waals surface area contributed by atoms with Crippen molar-refractivity contribution in [1.82, 2.24) is 9.88 Å². The van der Waals surface area contributed by atoms with Gasteiger partial charge in [0.2, 0.25) is 10.0 Å². The van der Waals surface area contributed by atoms with Gasteiger partial charge in [0.25, 0.3) is 5.91 Å². The summed E-state index contributed by atoms with van der Waals surface area (Å²) in [5.41, 5.74) is 1.15. The normalized spacial score (nSPS) is 19.0. The maximum Gasteiger partial charge on any atom is 0.271 e. The molecule has 2 aromatic rings. The van der Waals surface area contributed by atoms with E-state index in [1.54, 1.807) is 4.90 Å². The molecule has 0 spiro atoms. The Labute approximate surface area is 133 Å². The molecule has 8 heteroatoms. The SMILES string of the molecule is NS(=O)(=O)C[C@@H]1CCN(C(=O)c2[nH]c3ccccc3c2Cl)C1. The summed E-state index contributed by atoms with van der Waals surface area (Å²) in [6, 6.07) is 7.42. The second kappa shape index (κ2) is 5.57. The molecule has 0 bridgehead atoms. The fraction of sp³-hybridized carbons (Fsp3) is 0.357. The van der Waals surface area contributed by atoms with Crippen molar-refractivity contribution in [3.05, 3.63) is 35.0 Å². The predicted molar refractivity (Wildman–Crippen MR) is 85.3 cm³/mol. The Hall–Kier alpha value is -1.57. The van der Waals surface area contributed by atoms with E-state index in [1.165, 1.54) is 0 Å². The summed E-state index contributed by atoms with van der Waals surface area (Å²) in [6.07, 6.45) is 0.625. The van der Waals surface area contributed by atoms with Gasteiger partial charge in [-0.3, -0.25) is 4.79 Å². The van der Waals surface area contributed by atoms with Crippen molar-refractivity contribution in [2.24, 2.45) is 11.1 Å². The molecule has 1 aromatic carbocycles. The van der Waals surface area contributed by atoms with Gasteiger partial charge in [-0.1, -0.05) is 29.8 Å². The summed E-state index contributed by atoms with van der Waals surface area (Å²) >= 11 is 6.28. The van der Waals surface area contributed by atoms with E-state index in [0.717, 1.165) is 10.9 Å². The average Bonchev–Trinajstić information content (AvgIpc) is 3.02. The van der Waals surface area contributed by atoms with E-state index in [4.69, 9.17) is 16.7 Å². The maximum absolute atomic E-state index is 12.6. The van der Waals surface area contributed by atoms with Gasteiger partial charge in [0.05, 0.1) is 10.8 Å². The number of nitrogens with two attached hydrogens (primary N) is 1. The minimum atomic E-state index is -3.52. The van der Waals surface area contributed by atoms with Gasteiger partial charge in [-0.2, -0.15) is 0 Å². The van der Waals surface area contributed by atoms with Crippen LogP contribution in [0.25, 0.3) is 10.9 Å². The number of carbonyl (C=O) groups is 1. The zero-order valence-electron chi connectivity index (χ0n) is 11.8. The lowest BCUT2D eigenvalue weighted by molar-refractivity contribution is 0.0783. The lowest BCUT2D eigenvalue weighted by Gasteiger charge is -2.15. The first-order chi connectivity index (χ1) is 10.3. The van der Waals surface area contributed by atoms with Gasteiger partial charge in [0.1, 0.15) is 5.69 Å². The molecule has 1 atom stereocenters. The van der Waals surface area contributed by atoms with E-state index in [2.05, 4.69) is 4.98 Å². The van der Waals surface area contributed by atoms with Gasteiger partial charge in [-0.15, -0.1) is 0 Å². The first-order valence-electron chi connectivity index (χ1n) is 6.91. The van der Waals surface area contributed by atoms with E-state index < -0.39 is 10.0 Å². The van der Waals surface area contributed by atoms with Crippen LogP contribution in [0.15, 0.2) is 24.3 Å². The van der Waals surface area contributed by atoms with Crippen molar-refractivity contribution in [3.63, 3.8) is 0 Å². The van der Waals surface area contributed by atoms with Crippen molar-refractivity contribution in [2.75, 3.05) is 18.8 Å². The summed E-state index contributed by atoms with van der Waals surface area (Å²) < 4.78 is 22.3. The molecule has 3 N–H and O–H groups in total. The molecule has 2 heterocycles. The van der Waals surface area contributed by atoms with Crippen molar-refractivity contribution in [1.29, 1.82) is 0 Å². The van der Waals surface area contributed by atoms with Crippen LogP contribution in [0.5, 0.6) is 0 Å². The average molecular weight is 342 g/mol. The number of likely N-dealkylation sites (tertiary alicyclic amines) is 1. The van der Waals surface area contributed by atoms with Crippen LogP contribution in [0.4, 0.5) is 0 Å². The van der Waals surface area contributed by atoms with Crippen LogP contribution in [-0.4, -0.2) is 43.1 Å². The number of halogens is 1. The highest BCUT2D eigenvalue weighted by Gasteiger charge is 2.31. The molecule has 1 saturated heterocycles. The first-order valence-corrected chi connectivity index (χ1v) is 9.00. The summed E-state index contributed by atoms with van der Waals surface area (Å²) in [5, 5.41) is 6.26. The highest BCUT2D eigenvalue weighted by molar-refractivity contribution is 7.89. The van der Waals surface area contributed by atoms with Gasteiger partial charge in [-0.25, -0.2) is 13.6 Å². The Kier molecular flexibility index (Phi) is 3.88. The molecule has 0 radical (unpaired) electrons. The van der Waals surface area contributed by atoms with Crippen LogP contribution < -0.4 is 5.14 Å². The molecule has 0 aliphatic carbocycles. The van der Waals surface area contributed by atoms with Crippen LogP contribution in [0.1, 0.15) is 16.9 Å². The molecule has 0 saturated carbocycles. The number of aromatic amines is 1. The fourth-order valence-corrected chi connectivity index (χ4v) is 4.12. The highest BCUT2D eigenvalue weighted by atomic mass is 35.5. The molecule has 22 heavy (non-hydrogen) atoms. The second-order valence-electron chi connectivity index (χ2n) is 5.59. The quantitative estimate of drug-likeness (QED) is 0.886. The van der Waals surface area contributed by atoms with Crippen molar-refractivity contribution in [3.8, 4) is 0 Å². The van der Waals surface area contributed by atoms with Crippen LogP contribution in [-0.2, 0) is 10.0 Å². The van der Waals surface area contributed by atoms with E-state index in [0.29, 0.717) is 30.2 Å². The minimum absolute atomic E-state index is 0.1000. The number of aromatic nitrogens is 1. The van der Waals surface area contributed by atoms with Crippen molar-refractivity contribution < 1.29 is 13.2 Å². The summed E-state index contributed by atoms with van der Waals surface area (Å²) in [6.45, 7) is 0.881. The Bertz CT molecular complexity index is 831. The van der Waals surface area contributed by atoms with Crippen LogP contribution in [0, 0.1) is 5.92 Å². The zero-order chi connectivity index (χ0) is 15.9. The molecule has 1 aromatic heterocycles. The molecular weight excluding hydrogens is 326 g/mol. The number of carbonyl (C=O) groups excluding carboxylic acids is 1. The number of hydrogen-bond acceptors (Lipinski definition) is 3. The maximum atomic E-state index is 12.6. The number of H-pyrrole nitrogens is 1. The predicted octanol–water partition coefficient (Wildman–Crippen LogP) is 1.57. The van der Waals surface area contributed by atoms with E-state index in [9.17, 15) is 13.2 Å². The molecule has 1 amide bonds. The number of nitrogens with one attached hydrogen (secondary N) is 1. The van der Waals surface area contributed by atoms with E-state index in [-0.39, 0.29) is 17.6 Å². The van der Waals surface area contributed by atoms with E-state index >= 15 is 0 Å². The van der Waals surface area contributed by atoms with Gasteiger partial charge in [0.15, 0.2) is 0 Å². The Balaban J connectivity index is 1.81. The third kappa shape index (κ3) is 2.97. The number of amides is 1. The number of sulfonamides is 1. The third-order valence-electron chi connectivity index (χ3n) is 3.90. The summed E-state index contributed by atoms with van der Waals surface area (Å²) in [7, 11) is -3.52. The molecule has 0 unspecified atom stereocenters. The molecule has 118 valence electrons. The highest BCUT2D eigenvalue weighted by Crippen LogP contribution is 2.29. The standard InChI is InChI=1S/C14H16ClN3O3S/c15-12-10-3-1-2-4-11(10)17-13(12)14(19)18-6-5-9(7-18)8-22(16,20)21/h1-4,9,17H,5-8H2,(H2,16,20,21)/t9-/m1/s1. The van der Waals surface area contributed by atoms with Crippen LogP contribution in [0.3, 0.4) is 0 Å². The third-order valence-corrected chi connectivity index (χ3v) is 5.23. The number of primary sulfonamides is 1. The summed E-state index contributed by atoms with van der Waals surface area (Å²) in [4.78, 5) is 17.2. The van der Waals surface area contributed by atoms with Crippen molar-refractivity contribution >= 4 is 38.4 Å². The van der Waals surface area contributed by atoms with Gasteiger partial charge in [-0.05, 0) is 18.4 Å².